The fourth-order valence-corrected chi connectivity index (χ4v) is 4.87. The van der Waals surface area contributed by atoms with Crippen molar-refractivity contribution in [3.63, 3.8) is 0 Å². The van der Waals surface area contributed by atoms with Crippen LogP contribution in [0.2, 0.25) is 0 Å². The minimum Gasteiger partial charge on any atom is -0.481 e. The smallest absolute Gasteiger partial charge is 0.303 e. The number of piperidine rings is 2. The lowest BCUT2D eigenvalue weighted by Gasteiger charge is -2.55. The van der Waals surface area contributed by atoms with E-state index < -0.39 is 23.8 Å². The van der Waals surface area contributed by atoms with Crippen molar-refractivity contribution in [1.29, 1.82) is 5.41 Å². The maximum Gasteiger partial charge on any atom is 0.303 e. The molecule has 2 saturated carbocycles. The van der Waals surface area contributed by atoms with Gasteiger partial charge in [-0.25, -0.2) is 9.40 Å². The predicted octanol–water partition coefficient (Wildman–Crippen LogP) is 2.24. The number of fused-ring (bicyclic) bond motifs is 2. The van der Waals surface area contributed by atoms with Crippen LogP contribution in [0.1, 0.15) is 32.6 Å². The van der Waals surface area contributed by atoms with Crippen molar-refractivity contribution in [1.82, 2.24) is 15.3 Å². The number of nitrogens with zero attached hydrogens (tertiary/aromatic N) is 2. The lowest BCUT2D eigenvalue weighted by molar-refractivity contribution is -0.143. The summed E-state index contributed by atoms with van der Waals surface area (Å²) >= 11 is 0. The molecule has 3 heterocycles. The van der Waals surface area contributed by atoms with Gasteiger partial charge in [0.05, 0.1) is 12.6 Å². The molecule has 9 heteroatoms. The molecule has 0 aromatic heterocycles. The third-order valence-electron chi connectivity index (χ3n) is 6.73. The third kappa shape index (κ3) is 3.09. The summed E-state index contributed by atoms with van der Waals surface area (Å²) in [6.45, 7) is 3.08. The van der Waals surface area contributed by atoms with Crippen molar-refractivity contribution in [2.45, 2.75) is 50.7 Å². The predicted molar refractivity (Wildman–Crippen MR) is 92.0 cm³/mol. The second kappa shape index (κ2) is 6.39. The number of hydrogen-bond acceptors (Lipinski definition) is 5. The van der Waals surface area contributed by atoms with Crippen LogP contribution in [0.4, 0.5) is 13.2 Å². The number of aliphatic carboxylic acids is 1. The van der Waals surface area contributed by atoms with Crippen LogP contribution in [0, 0.1) is 23.2 Å². The van der Waals surface area contributed by atoms with E-state index in [1.807, 2.05) is 4.90 Å². The van der Waals surface area contributed by atoms with Crippen LogP contribution in [0.3, 0.4) is 0 Å². The van der Waals surface area contributed by atoms with E-state index in [0.29, 0.717) is 24.5 Å². The molecule has 2 bridgehead atoms. The van der Waals surface area contributed by atoms with Gasteiger partial charge in [0.1, 0.15) is 17.7 Å². The SMILES string of the molecule is C[C@H]1C(F)CN1N/C(=C1/CCC(F)(F)C1=N)N1C[C@H]2C[C@@H](C1)[C@@H]2CC(=O)O. The zero-order valence-corrected chi connectivity index (χ0v) is 15.2. The van der Waals surface area contributed by atoms with E-state index in [4.69, 9.17) is 10.5 Å². The topological polar surface area (TPSA) is 79.7 Å². The molecule has 5 rings (SSSR count). The normalized spacial score (nSPS) is 39.6. The van der Waals surface area contributed by atoms with Gasteiger partial charge in [-0.05, 0) is 37.5 Å². The molecule has 1 unspecified atom stereocenters. The summed E-state index contributed by atoms with van der Waals surface area (Å²) < 4.78 is 41.4. The Kier molecular flexibility index (Phi) is 4.40. The van der Waals surface area contributed by atoms with E-state index in [-0.39, 0.29) is 49.6 Å². The Morgan fingerprint density at radius 3 is 2.48 bits per heavy atom. The zero-order valence-electron chi connectivity index (χ0n) is 15.2. The summed E-state index contributed by atoms with van der Waals surface area (Å²) in [7, 11) is 0. The third-order valence-corrected chi connectivity index (χ3v) is 6.73. The van der Waals surface area contributed by atoms with Crippen LogP contribution in [-0.2, 0) is 4.79 Å². The number of halogens is 3. The summed E-state index contributed by atoms with van der Waals surface area (Å²) in [5, 5.41) is 18.7. The van der Waals surface area contributed by atoms with Crippen LogP contribution in [0.25, 0.3) is 0 Å². The van der Waals surface area contributed by atoms with Gasteiger partial charge in [-0.2, -0.15) is 8.78 Å². The molecule has 5 atom stereocenters. The highest BCUT2D eigenvalue weighted by Crippen LogP contribution is 2.49. The molecule has 5 aliphatic rings. The standard InChI is InChI=1S/C18H25F3N4O2/c1-9-14(19)8-25(9)23-17(12-2-3-18(20,21)16(12)22)24-6-10-4-11(7-24)13(10)5-15(26)27/h9-11,13-14,22-23H,2-8H2,1H3,(H,26,27)/b17-12+,22-16?/t9-,10-,11+,13-,14?/m0/s1. The van der Waals surface area contributed by atoms with Gasteiger partial charge in [-0.1, -0.05) is 0 Å². The maximum atomic E-state index is 13.9. The second-order valence-corrected chi connectivity index (χ2v) is 8.35. The second-order valence-electron chi connectivity index (χ2n) is 8.35. The molecule has 5 fully saturated rings. The highest BCUT2D eigenvalue weighted by molar-refractivity contribution is 6.05. The van der Waals surface area contributed by atoms with Crippen molar-refractivity contribution in [2.24, 2.45) is 17.8 Å². The van der Waals surface area contributed by atoms with E-state index >= 15 is 0 Å². The van der Waals surface area contributed by atoms with Crippen LogP contribution in [0.15, 0.2) is 11.4 Å². The van der Waals surface area contributed by atoms with Crippen LogP contribution in [0.5, 0.6) is 0 Å². The van der Waals surface area contributed by atoms with Crippen LogP contribution < -0.4 is 5.43 Å². The van der Waals surface area contributed by atoms with Gasteiger partial charge in [0.15, 0.2) is 0 Å². The molecular weight excluding hydrogens is 361 g/mol. The first kappa shape index (κ1) is 18.6. The number of carboxylic acid groups (broad SMARTS) is 1. The molecule has 3 N–H and O–H groups in total. The first-order valence-electron chi connectivity index (χ1n) is 9.52. The molecule has 2 aliphatic carbocycles. The number of hydrogen-bond donors (Lipinski definition) is 3. The summed E-state index contributed by atoms with van der Waals surface area (Å²) in [5.41, 5.74) is 2.76. The molecule has 0 aromatic rings. The first-order chi connectivity index (χ1) is 12.7. The Labute approximate surface area is 155 Å². The molecule has 3 saturated heterocycles. The Bertz CT molecular complexity index is 686. The Morgan fingerprint density at radius 1 is 1.33 bits per heavy atom. The minimum atomic E-state index is -3.13. The monoisotopic (exact) mass is 386 g/mol. The highest BCUT2D eigenvalue weighted by atomic mass is 19.3. The molecule has 27 heavy (non-hydrogen) atoms. The summed E-state index contributed by atoms with van der Waals surface area (Å²) in [4.78, 5) is 13.0. The molecule has 6 nitrogen and oxygen atoms in total. The number of carboxylic acids is 1. The lowest BCUT2D eigenvalue weighted by Crippen LogP contribution is -2.64. The fourth-order valence-electron chi connectivity index (χ4n) is 4.87. The van der Waals surface area contributed by atoms with Crippen LogP contribution >= 0.6 is 0 Å². The number of nitrogens with one attached hydrogen (secondary N) is 2. The van der Waals surface area contributed by atoms with Gasteiger partial charge in [0, 0.05) is 31.5 Å². The van der Waals surface area contributed by atoms with E-state index in [1.165, 1.54) is 0 Å². The van der Waals surface area contributed by atoms with Gasteiger partial charge in [-0.3, -0.25) is 10.2 Å². The Morgan fingerprint density at radius 2 is 2.00 bits per heavy atom. The van der Waals surface area contributed by atoms with E-state index in [9.17, 15) is 18.0 Å². The van der Waals surface area contributed by atoms with E-state index in [1.54, 1.807) is 11.9 Å². The summed E-state index contributed by atoms with van der Waals surface area (Å²) in [6.07, 6.45) is -0.126. The molecular formula is C18H25F3N4O2. The first-order valence-corrected chi connectivity index (χ1v) is 9.52. The quantitative estimate of drug-likeness (QED) is 0.675. The lowest BCUT2D eigenvalue weighted by atomic mass is 9.60. The average Bonchev–Trinajstić information content (AvgIpc) is 2.89. The molecule has 0 radical (unpaired) electrons. The van der Waals surface area contributed by atoms with Gasteiger partial charge in [0.2, 0.25) is 0 Å². The highest BCUT2D eigenvalue weighted by Gasteiger charge is 2.50. The number of carbonyl (C=O) groups is 1. The number of allylic oxidation sites excluding steroid dienone is 1. The van der Waals surface area contributed by atoms with Gasteiger partial charge in [-0.15, -0.1) is 0 Å². The summed E-state index contributed by atoms with van der Waals surface area (Å²) in [6, 6.07) is -0.351. The fraction of sp³-hybridized carbons (Fsp3) is 0.778. The number of hydrazine groups is 1. The average molecular weight is 386 g/mol. The molecule has 0 amide bonds. The Hall–Kier alpha value is -1.77. The molecule has 150 valence electrons. The van der Waals surface area contributed by atoms with Crippen molar-refractivity contribution < 1.29 is 23.1 Å². The summed E-state index contributed by atoms with van der Waals surface area (Å²) in [5.74, 6) is -2.88. The number of alkyl halides is 3. The van der Waals surface area contributed by atoms with Gasteiger partial charge >= 0.3 is 5.97 Å². The number of rotatable bonds is 5. The van der Waals surface area contributed by atoms with Crippen molar-refractivity contribution >= 4 is 11.7 Å². The molecule has 0 aromatic carbocycles. The van der Waals surface area contributed by atoms with Crippen molar-refractivity contribution in [3.8, 4) is 0 Å². The van der Waals surface area contributed by atoms with E-state index in [2.05, 4.69) is 5.43 Å². The van der Waals surface area contributed by atoms with E-state index in [0.717, 1.165) is 6.42 Å². The maximum absolute atomic E-state index is 13.9. The van der Waals surface area contributed by atoms with Gasteiger partial charge < -0.3 is 15.4 Å². The minimum absolute atomic E-state index is 0.111. The zero-order chi connectivity index (χ0) is 19.5. The van der Waals surface area contributed by atoms with Gasteiger partial charge in [0.25, 0.3) is 5.92 Å². The molecule has 0 spiro atoms. The molecule has 3 aliphatic heterocycles. The van der Waals surface area contributed by atoms with Crippen LogP contribution in [-0.4, -0.2) is 64.5 Å². The largest absolute Gasteiger partial charge is 0.481 e. The van der Waals surface area contributed by atoms with Crippen molar-refractivity contribution in [3.05, 3.63) is 11.4 Å². The van der Waals surface area contributed by atoms with Crippen molar-refractivity contribution in [2.75, 3.05) is 19.6 Å². The Balaban J connectivity index is 1.55.